The summed E-state index contributed by atoms with van der Waals surface area (Å²) in [6.45, 7) is 3.67. The molecule has 1 heterocycles. The Balaban J connectivity index is 2.09. The van der Waals surface area contributed by atoms with Gasteiger partial charge in [0.05, 0.1) is 23.0 Å². The maximum atomic E-state index is 13.0. The Labute approximate surface area is 137 Å². The Bertz CT molecular complexity index is 713. The highest BCUT2D eigenvalue weighted by molar-refractivity contribution is 7.15. The number of rotatable bonds is 6. The van der Waals surface area contributed by atoms with E-state index in [4.69, 9.17) is 5.11 Å². The fraction of sp³-hybridized carbons (Fsp3) is 0.312. The van der Waals surface area contributed by atoms with E-state index >= 15 is 0 Å². The lowest BCUT2D eigenvalue weighted by Crippen LogP contribution is -2.26. The van der Waals surface area contributed by atoms with E-state index < -0.39 is 5.97 Å². The van der Waals surface area contributed by atoms with Crippen LogP contribution >= 0.6 is 11.3 Å². The zero-order valence-corrected chi connectivity index (χ0v) is 13.6. The van der Waals surface area contributed by atoms with Gasteiger partial charge in [0.15, 0.2) is 0 Å². The van der Waals surface area contributed by atoms with Crippen molar-refractivity contribution in [2.24, 2.45) is 0 Å². The van der Waals surface area contributed by atoms with Crippen LogP contribution in [0.5, 0.6) is 0 Å². The molecule has 0 saturated heterocycles. The highest BCUT2D eigenvalue weighted by Gasteiger charge is 2.17. The Morgan fingerprint density at radius 2 is 1.96 bits per heavy atom. The number of amides is 1. The number of hydrogen-bond acceptors (Lipinski definition) is 4. The number of thiazole rings is 1. The molecule has 5 nitrogen and oxygen atoms in total. The van der Waals surface area contributed by atoms with Gasteiger partial charge in [-0.1, -0.05) is 0 Å². The second-order valence-corrected chi connectivity index (χ2v) is 6.19. The molecule has 7 heteroatoms. The molecule has 2 N–H and O–H groups in total. The van der Waals surface area contributed by atoms with Gasteiger partial charge in [0.2, 0.25) is 5.91 Å². The monoisotopic (exact) mass is 336 g/mol. The molecule has 122 valence electrons. The number of benzene rings is 1. The number of carboxylic acids is 1. The second-order valence-electron chi connectivity index (χ2n) is 5.16. The first-order valence-electron chi connectivity index (χ1n) is 7.11. The minimum Gasteiger partial charge on any atom is -0.481 e. The van der Waals surface area contributed by atoms with Crippen molar-refractivity contribution in [3.63, 3.8) is 0 Å². The zero-order valence-electron chi connectivity index (χ0n) is 12.8. The predicted molar refractivity (Wildman–Crippen MR) is 85.7 cm³/mol. The van der Waals surface area contributed by atoms with Crippen molar-refractivity contribution in [2.75, 3.05) is 0 Å². The van der Waals surface area contributed by atoms with Crippen LogP contribution in [0.25, 0.3) is 10.6 Å². The molecule has 0 radical (unpaired) electrons. The molecule has 0 spiro atoms. The van der Waals surface area contributed by atoms with Gasteiger partial charge in [0.25, 0.3) is 0 Å². The van der Waals surface area contributed by atoms with Crippen LogP contribution in [-0.2, 0) is 9.59 Å². The molecule has 2 aromatic rings. The molecular formula is C16H17FN2O3S. The Morgan fingerprint density at radius 1 is 1.30 bits per heavy atom. The van der Waals surface area contributed by atoms with E-state index in [0.29, 0.717) is 0 Å². The molecule has 1 amide bonds. The van der Waals surface area contributed by atoms with Crippen LogP contribution in [0.3, 0.4) is 0 Å². The van der Waals surface area contributed by atoms with Crippen molar-refractivity contribution in [3.8, 4) is 10.6 Å². The molecule has 0 aliphatic heterocycles. The van der Waals surface area contributed by atoms with E-state index in [2.05, 4.69) is 10.3 Å². The van der Waals surface area contributed by atoms with E-state index in [9.17, 15) is 14.0 Å². The van der Waals surface area contributed by atoms with E-state index in [1.807, 2.05) is 13.8 Å². The van der Waals surface area contributed by atoms with Crippen molar-refractivity contribution in [1.82, 2.24) is 10.3 Å². The van der Waals surface area contributed by atoms with Gasteiger partial charge in [-0.3, -0.25) is 9.59 Å². The molecule has 1 unspecified atom stereocenters. The number of carbonyl (C=O) groups is 2. The number of carboxylic acid groups (broad SMARTS) is 1. The fourth-order valence-corrected chi connectivity index (χ4v) is 3.20. The van der Waals surface area contributed by atoms with E-state index in [1.54, 1.807) is 12.1 Å². The number of halogens is 1. The lowest BCUT2D eigenvalue weighted by atomic mass is 10.2. The smallest absolute Gasteiger partial charge is 0.303 e. The number of aliphatic carboxylic acids is 1. The molecule has 1 aromatic carbocycles. The summed E-state index contributed by atoms with van der Waals surface area (Å²) in [6.07, 6.45) is -0.247. The summed E-state index contributed by atoms with van der Waals surface area (Å²) in [5.74, 6) is -1.61. The third-order valence-electron chi connectivity index (χ3n) is 3.26. The third kappa shape index (κ3) is 4.59. The van der Waals surface area contributed by atoms with Crippen molar-refractivity contribution < 1.29 is 19.1 Å². The van der Waals surface area contributed by atoms with Crippen LogP contribution < -0.4 is 5.32 Å². The number of hydrogen-bond donors (Lipinski definition) is 2. The van der Waals surface area contributed by atoms with Crippen LogP contribution in [0.1, 0.15) is 36.4 Å². The van der Waals surface area contributed by atoms with Crippen LogP contribution in [0, 0.1) is 12.7 Å². The fourth-order valence-electron chi connectivity index (χ4n) is 2.13. The highest BCUT2D eigenvalue weighted by atomic mass is 32.1. The Morgan fingerprint density at radius 3 is 2.57 bits per heavy atom. The summed E-state index contributed by atoms with van der Waals surface area (Å²) >= 11 is 1.43. The quantitative estimate of drug-likeness (QED) is 0.848. The summed E-state index contributed by atoms with van der Waals surface area (Å²) in [5, 5.41) is 12.1. The summed E-state index contributed by atoms with van der Waals surface area (Å²) in [4.78, 5) is 27.6. The molecule has 2 rings (SSSR count). The SMILES string of the molecule is Cc1nc(-c2ccc(F)cc2)sc1C(C)NC(=O)CCC(=O)O. The first-order valence-corrected chi connectivity index (χ1v) is 7.93. The average Bonchev–Trinajstić information content (AvgIpc) is 2.88. The van der Waals surface area contributed by atoms with Gasteiger partial charge >= 0.3 is 5.97 Å². The number of aryl methyl sites for hydroxylation is 1. The van der Waals surface area contributed by atoms with E-state index in [1.165, 1.54) is 23.5 Å². The molecule has 0 aliphatic rings. The number of carbonyl (C=O) groups excluding carboxylic acids is 1. The maximum Gasteiger partial charge on any atom is 0.303 e. The molecule has 1 aromatic heterocycles. The highest BCUT2D eigenvalue weighted by Crippen LogP contribution is 2.31. The van der Waals surface area contributed by atoms with Gasteiger partial charge in [-0.05, 0) is 38.1 Å². The minimum absolute atomic E-state index is 0.0532. The van der Waals surface area contributed by atoms with E-state index in [0.717, 1.165) is 21.1 Å². The van der Waals surface area contributed by atoms with Gasteiger partial charge in [0.1, 0.15) is 10.8 Å². The second kappa shape index (κ2) is 7.32. The number of nitrogens with one attached hydrogen (secondary N) is 1. The van der Waals surface area contributed by atoms with E-state index in [-0.39, 0.29) is 30.6 Å². The zero-order chi connectivity index (χ0) is 17.0. The molecule has 0 saturated carbocycles. The molecular weight excluding hydrogens is 319 g/mol. The summed E-state index contributed by atoms with van der Waals surface area (Å²) in [7, 11) is 0. The van der Waals surface area contributed by atoms with Gasteiger partial charge < -0.3 is 10.4 Å². The Hall–Kier alpha value is -2.28. The van der Waals surface area contributed by atoms with Gasteiger partial charge in [-0.2, -0.15) is 0 Å². The summed E-state index contributed by atoms with van der Waals surface area (Å²) in [5.41, 5.74) is 1.61. The first kappa shape index (κ1) is 17.1. The number of aromatic nitrogens is 1. The van der Waals surface area contributed by atoms with Crippen LogP contribution in [0.4, 0.5) is 4.39 Å². The van der Waals surface area contributed by atoms with Gasteiger partial charge in [-0.25, -0.2) is 9.37 Å². The van der Waals surface area contributed by atoms with Crippen molar-refractivity contribution >= 4 is 23.2 Å². The summed E-state index contributed by atoms with van der Waals surface area (Å²) < 4.78 is 13.0. The molecule has 0 aliphatic carbocycles. The standard InChI is InChI=1S/C16H17FN2O3S/c1-9(18-13(20)7-8-14(21)22)15-10(2)19-16(23-15)11-3-5-12(17)6-4-11/h3-6,9H,7-8H2,1-2H3,(H,18,20)(H,21,22). The predicted octanol–water partition coefficient (Wildman–Crippen LogP) is 3.30. The molecule has 23 heavy (non-hydrogen) atoms. The molecule has 0 fully saturated rings. The maximum absolute atomic E-state index is 13.0. The van der Waals surface area contributed by atoms with Crippen molar-refractivity contribution in [1.29, 1.82) is 0 Å². The lowest BCUT2D eigenvalue weighted by Gasteiger charge is -2.12. The van der Waals surface area contributed by atoms with Crippen molar-refractivity contribution in [2.45, 2.75) is 32.7 Å². The molecule has 0 bridgehead atoms. The number of nitrogens with zero attached hydrogens (tertiary/aromatic N) is 1. The minimum atomic E-state index is -1.000. The normalized spacial score (nSPS) is 12.0. The first-order chi connectivity index (χ1) is 10.9. The van der Waals surface area contributed by atoms with Crippen LogP contribution in [0.15, 0.2) is 24.3 Å². The average molecular weight is 336 g/mol. The largest absolute Gasteiger partial charge is 0.481 e. The van der Waals surface area contributed by atoms with Crippen LogP contribution in [0.2, 0.25) is 0 Å². The topological polar surface area (TPSA) is 79.3 Å². The Kier molecular flexibility index (Phi) is 5.44. The summed E-state index contributed by atoms with van der Waals surface area (Å²) in [6, 6.07) is 5.81. The lowest BCUT2D eigenvalue weighted by molar-refractivity contribution is -0.138. The van der Waals surface area contributed by atoms with Crippen LogP contribution in [-0.4, -0.2) is 22.0 Å². The molecule has 1 atom stereocenters. The van der Waals surface area contributed by atoms with Gasteiger partial charge in [0, 0.05) is 12.0 Å². The third-order valence-corrected chi connectivity index (χ3v) is 4.65. The van der Waals surface area contributed by atoms with Crippen molar-refractivity contribution in [3.05, 3.63) is 40.7 Å². The van der Waals surface area contributed by atoms with Gasteiger partial charge in [-0.15, -0.1) is 11.3 Å².